The first-order valence-corrected chi connectivity index (χ1v) is 12.3. The molecule has 5 saturated carbocycles. The van der Waals surface area contributed by atoms with E-state index in [0.717, 1.165) is 32.1 Å². The molecule has 2 bridgehead atoms. The molecule has 6 atom stereocenters. The van der Waals surface area contributed by atoms with E-state index < -0.39 is 6.61 Å². The highest BCUT2D eigenvalue weighted by atomic mass is 19.1. The number of aliphatic hydroxyl groups excluding tert-OH is 1. The molecular formula is C26H30FN3O4. The van der Waals surface area contributed by atoms with Gasteiger partial charge in [0.25, 0.3) is 0 Å². The third-order valence-corrected chi connectivity index (χ3v) is 8.78. The first-order valence-electron chi connectivity index (χ1n) is 12.3. The Morgan fingerprint density at radius 2 is 2.00 bits per heavy atom. The molecule has 7 nitrogen and oxygen atoms in total. The molecule has 34 heavy (non-hydrogen) atoms. The molecule has 1 aromatic carbocycles. The van der Waals surface area contributed by atoms with E-state index in [4.69, 9.17) is 9.84 Å². The van der Waals surface area contributed by atoms with Crippen LogP contribution in [0.5, 0.6) is 5.75 Å². The van der Waals surface area contributed by atoms with E-state index in [0.29, 0.717) is 40.3 Å². The van der Waals surface area contributed by atoms with E-state index in [-0.39, 0.29) is 41.2 Å². The predicted octanol–water partition coefficient (Wildman–Crippen LogP) is 2.56. The molecule has 8 heteroatoms. The first kappa shape index (κ1) is 21.8. The molecule has 180 valence electrons. The number of nitrogens with one attached hydrogen (secondary N) is 2. The van der Waals surface area contributed by atoms with Crippen LogP contribution in [0.1, 0.15) is 39.0 Å². The molecule has 3 N–H and O–H groups in total. The zero-order chi connectivity index (χ0) is 23.6. The number of carbonyl (C=O) groups excluding carboxylic acids is 2. The van der Waals surface area contributed by atoms with Crippen LogP contribution in [0.2, 0.25) is 0 Å². The molecule has 7 rings (SSSR count). The van der Waals surface area contributed by atoms with Gasteiger partial charge in [-0.3, -0.25) is 14.6 Å². The van der Waals surface area contributed by atoms with Crippen LogP contribution in [-0.2, 0) is 9.59 Å². The van der Waals surface area contributed by atoms with Gasteiger partial charge in [-0.25, -0.2) is 4.39 Å². The van der Waals surface area contributed by atoms with Crippen molar-refractivity contribution in [2.45, 2.75) is 56.7 Å². The van der Waals surface area contributed by atoms with Gasteiger partial charge < -0.3 is 20.5 Å². The van der Waals surface area contributed by atoms with Gasteiger partial charge in [-0.15, -0.1) is 0 Å². The van der Waals surface area contributed by atoms with E-state index in [9.17, 15) is 14.0 Å². The maximum atomic E-state index is 13.7. The SMILES string of the molecule is CC(C(=O)N[C@@H]1CC2(NC(=O)CO)CC1C2)[C@H]1[C@@H]2C[C@@H](Oc3ccnc4ccc(F)cc34)C[C@@H]21. The second-order valence-corrected chi connectivity index (χ2v) is 10.8. The summed E-state index contributed by atoms with van der Waals surface area (Å²) in [6, 6.07) is 6.43. The Labute approximate surface area is 197 Å². The summed E-state index contributed by atoms with van der Waals surface area (Å²) in [5.74, 6) is 1.85. The van der Waals surface area contributed by atoms with Crippen LogP contribution in [0.4, 0.5) is 4.39 Å². The third-order valence-electron chi connectivity index (χ3n) is 8.78. The fourth-order valence-electron chi connectivity index (χ4n) is 7.18. The van der Waals surface area contributed by atoms with Crippen molar-refractivity contribution < 1.29 is 23.8 Å². The number of aromatic nitrogens is 1. The van der Waals surface area contributed by atoms with Gasteiger partial charge in [0.05, 0.1) is 11.6 Å². The lowest BCUT2D eigenvalue weighted by Gasteiger charge is -2.38. The summed E-state index contributed by atoms with van der Waals surface area (Å²) >= 11 is 0. The zero-order valence-corrected chi connectivity index (χ0v) is 19.2. The number of pyridine rings is 1. The maximum Gasteiger partial charge on any atom is 0.246 e. The Morgan fingerprint density at radius 3 is 2.74 bits per heavy atom. The van der Waals surface area contributed by atoms with Gasteiger partial charge >= 0.3 is 0 Å². The van der Waals surface area contributed by atoms with Gasteiger partial charge in [-0.05, 0) is 80.0 Å². The Bertz CT molecular complexity index is 1140. The topological polar surface area (TPSA) is 101 Å². The van der Waals surface area contributed by atoms with Crippen molar-refractivity contribution in [1.82, 2.24) is 15.6 Å². The van der Waals surface area contributed by atoms with Crippen molar-refractivity contribution in [3.8, 4) is 5.75 Å². The van der Waals surface area contributed by atoms with Crippen molar-refractivity contribution in [3.05, 3.63) is 36.3 Å². The van der Waals surface area contributed by atoms with Crippen LogP contribution in [0, 0.1) is 35.4 Å². The van der Waals surface area contributed by atoms with Crippen LogP contribution < -0.4 is 15.4 Å². The summed E-state index contributed by atoms with van der Waals surface area (Å²) in [4.78, 5) is 28.9. The van der Waals surface area contributed by atoms with Crippen molar-refractivity contribution in [3.63, 3.8) is 0 Å². The van der Waals surface area contributed by atoms with Gasteiger partial charge in [0.2, 0.25) is 11.8 Å². The van der Waals surface area contributed by atoms with E-state index in [1.807, 2.05) is 6.92 Å². The monoisotopic (exact) mass is 467 g/mol. The molecule has 5 aliphatic carbocycles. The molecule has 5 aliphatic rings. The first-order chi connectivity index (χ1) is 16.4. The normalized spacial score (nSPS) is 35.9. The average molecular weight is 468 g/mol. The lowest BCUT2D eigenvalue weighted by molar-refractivity contribution is -0.127. The summed E-state index contributed by atoms with van der Waals surface area (Å²) in [6.07, 6.45) is 6.08. The van der Waals surface area contributed by atoms with E-state index in [2.05, 4.69) is 15.6 Å². The standard InChI is InChI=1S/C26H30FN3O4/c1-13(25(33)29-21-11-26(9-14(21)10-26)30-23(32)12-31)24-17-7-16(8-18(17)24)34-22-4-5-28-20-3-2-15(27)6-19(20)22/h2-6,13-14,16-18,21,24,31H,7-12H2,1H3,(H,29,33)(H,30,32)/t13?,14?,16-,17-,18+,21-,24+,26?/m1/s1. The van der Waals surface area contributed by atoms with E-state index >= 15 is 0 Å². The van der Waals surface area contributed by atoms with Crippen LogP contribution in [-0.4, -0.2) is 46.2 Å². The molecule has 0 saturated heterocycles. The van der Waals surface area contributed by atoms with Gasteiger partial charge in [-0.2, -0.15) is 0 Å². The van der Waals surface area contributed by atoms with E-state index in [1.54, 1.807) is 18.3 Å². The molecule has 2 amide bonds. The molecule has 0 radical (unpaired) electrons. The van der Waals surface area contributed by atoms with Crippen molar-refractivity contribution in [2.75, 3.05) is 6.61 Å². The number of halogens is 1. The summed E-state index contributed by atoms with van der Waals surface area (Å²) in [7, 11) is 0. The Balaban J connectivity index is 1.02. The number of fused-ring (bicyclic) bond motifs is 3. The number of nitrogens with zero attached hydrogens (tertiary/aromatic N) is 1. The average Bonchev–Trinajstić information content (AvgIpc) is 3.07. The molecule has 1 unspecified atom stereocenters. The van der Waals surface area contributed by atoms with Gasteiger partial charge in [0.1, 0.15) is 18.2 Å². The van der Waals surface area contributed by atoms with Crippen LogP contribution in [0.15, 0.2) is 30.5 Å². The third kappa shape index (κ3) is 3.63. The molecule has 2 aromatic rings. The number of rotatable bonds is 7. The van der Waals surface area contributed by atoms with Crippen molar-refractivity contribution in [2.24, 2.45) is 29.6 Å². The molecule has 1 aromatic heterocycles. The number of aliphatic hydroxyl groups is 1. The van der Waals surface area contributed by atoms with E-state index in [1.165, 1.54) is 12.1 Å². The van der Waals surface area contributed by atoms with Gasteiger partial charge in [0, 0.05) is 29.1 Å². The summed E-state index contributed by atoms with van der Waals surface area (Å²) in [5, 5.41) is 15.9. The number of benzene rings is 1. The zero-order valence-electron chi connectivity index (χ0n) is 19.2. The van der Waals surface area contributed by atoms with Gasteiger partial charge in [-0.1, -0.05) is 6.92 Å². The minimum Gasteiger partial charge on any atom is -0.490 e. The maximum absolute atomic E-state index is 13.7. The van der Waals surface area contributed by atoms with Crippen molar-refractivity contribution >= 4 is 22.7 Å². The highest BCUT2D eigenvalue weighted by Gasteiger charge is 2.61. The Hall–Kier alpha value is -2.74. The fraction of sp³-hybridized carbons (Fsp3) is 0.577. The van der Waals surface area contributed by atoms with Crippen molar-refractivity contribution in [1.29, 1.82) is 0 Å². The largest absolute Gasteiger partial charge is 0.490 e. The molecule has 1 heterocycles. The molecule has 0 spiro atoms. The minimum absolute atomic E-state index is 0.0485. The minimum atomic E-state index is -0.496. The quantitative estimate of drug-likeness (QED) is 0.581. The Kier molecular flexibility index (Phi) is 5.06. The van der Waals surface area contributed by atoms with Crippen LogP contribution in [0.25, 0.3) is 10.9 Å². The highest BCUT2D eigenvalue weighted by molar-refractivity contribution is 5.85. The second-order valence-electron chi connectivity index (χ2n) is 10.8. The smallest absolute Gasteiger partial charge is 0.246 e. The second kappa shape index (κ2) is 7.90. The number of ether oxygens (including phenoxy) is 1. The Morgan fingerprint density at radius 1 is 1.24 bits per heavy atom. The number of hydrogen-bond acceptors (Lipinski definition) is 5. The number of amides is 2. The van der Waals surface area contributed by atoms with Crippen LogP contribution in [0.3, 0.4) is 0 Å². The molecule has 0 aliphatic heterocycles. The molecular weight excluding hydrogens is 437 g/mol. The summed E-state index contributed by atoms with van der Waals surface area (Å²) < 4.78 is 20.0. The van der Waals surface area contributed by atoms with Gasteiger partial charge in [0.15, 0.2) is 0 Å². The lowest BCUT2D eigenvalue weighted by Crippen LogP contribution is -2.52. The summed E-state index contributed by atoms with van der Waals surface area (Å²) in [5.41, 5.74) is 0.472. The lowest BCUT2D eigenvalue weighted by atomic mass is 9.76. The molecule has 5 fully saturated rings. The fourth-order valence-corrected chi connectivity index (χ4v) is 7.18. The highest BCUT2D eigenvalue weighted by Crippen LogP contribution is 2.61. The number of carbonyl (C=O) groups is 2. The number of hydrogen-bond donors (Lipinski definition) is 3. The van der Waals surface area contributed by atoms with Crippen LogP contribution >= 0.6 is 0 Å². The summed E-state index contributed by atoms with van der Waals surface area (Å²) in [6.45, 7) is 1.53. The predicted molar refractivity (Wildman–Crippen MR) is 122 cm³/mol.